The molecule has 0 saturated heterocycles. The number of nitrogens with one attached hydrogen (secondary N) is 2. The van der Waals surface area contributed by atoms with Crippen molar-refractivity contribution in [1.82, 2.24) is 19.8 Å². The van der Waals surface area contributed by atoms with Gasteiger partial charge in [-0.3, -0.25) is 4.79 Å². The molecular weight excluding hydrogens is 412 g/mol. The van der Waals surface area contributed by atoms with Gasteiger partial charge in [0.1, 0.15) is 0 Å². The predicted molar refractivity (Wildman–Crippen MR) is 119 cm³/mol. The molecule has 0 radical (unpaired) electrons. The molecule has 1 fully saturated rings. The van der Waals surface area contributed by atoms with E-state index in [2.05, 4.69) is 15.1 Å². The Hall–Kier alpha value is -2.97. The zero-order chi connectivity index (χ0) is 21.8. The normalized spacial score (nSPS) is 13.8. The third-order valence-corrected chi connectivity index (χ3v) is 6.79. The number of amides is 1. The Morgan fingerprint density at radius 1 is 1.10 bits per heavy atom. The SMILES string of the molecule is Cc1nn(-c2ccccc2)cc1CCCNC(=O)c1ccc(S(=O)(=O)NC2CC2)cc1. The Morgan fingerprint density at radius 3 is 2.48 bits per heavy atom. The summed E-state index contributed by atoms with van der Waals surface area (Å²) in [4.78, 5) is 12.6. The topological polar surface area (TPSA) is 93.1 Å². The van der Waals surface area contributed by atoms with Crippen LogP contribution < -0.4 is 10.0 Å². The molecule has 0 unspecified atom stereocenters. The highest BCUT2D eigenvalue weighted by molar-refractivity contribution is 7.89. The molecular formula is C23H26N4O3S. The molecule has 4 rings (SSSR count). The first-order chi connectivity index (χ1) is 14.9. The number of nitrogens with zero attached hydrogens (tertiary/aromatic N) is 2. The first-order valence-electron chi connectivity index (χ1n) is 10.4. The monoisotopic (exact) mass is 438 g/mol. The molecule has 1 amide bonds. The van der Waals surface area contributed by atoms with Crippen molar-refractivity contribution in [3.8, 4) is 5.69 Å². The van der Waals surface area contributed by atoms with E-state index in [0.717, 1.165) is 42.6 Å². The van der Waals surface area contributed by atoms with Crippen molar-refractivity contribution in [3.63, 3.8) is 0 Å². The number of aryl methyl sites for hydroxylation is 2. The van der Waals surface area contributed by atoms with Gasteiger partial charge in [-0.05, 0) is 74.6 Å². The maximum Gasteiger partial charge on any atom is 0.251 e. The molecule has 31 heavy (non-hydrogen) atoms. The second kappa shape index (κ2) is 9.03. The highest BCUT2D eigenvalue weighted by atomic mass is 32.2. The van der Waals surface area contributed by atoms with Gasteiger partial charge >= 0.3 is 0 Å². The van der Waals surface area contributed by atoms with Crippen molar-refractivity contribution in [2.24, 2.45) is 0 Å². The zero-order valence-electron chi connectivity index (χ0n) is 17.4. The number of sulfonamides is 1. The summed E-state index contributed by atoms with van der Waals surface area (Å²) < 4.78 is 28.9. The zero-order valence-corrected chi connectivity index (χ0v) is 18.2. The van der Waals surface area contributed by atoms with Crippen LogP contribution in [0.1, 0.15) is 40.9 Å². The first-order valence-corrected chi connectivity index (χ1v) is 11.9. The highest BCUT2D eigenvalue weighted by Gasteiger charge is 2.27. The minimum Gasteiger partial charge on any atom is -0.352 e. The number of para-hydroxylation sites is 1. The summed E-state index contributed by atoms with van der Waals surface area (Å²) in [5, 5.41) is 7.46. The largest absolute Gasteiger partial charge is 0.352 e. The van der Waals surface area contributed by atoms with Crippen molar-refractivity contribution < 1.29 is 13.2 Å². The summed E-state index contributed by atoms with van der Waals surface area (Å²) in [6.45, 7) is 2.51. The van der Waals surface area contributed by atoms with Gasteiger partial charge in [0, 0.05) is 24.3 Å². The lowest BCUT2D eigenvalue weighted by molar-refractivity contribution is 0.0953. The average molecular weight is 439 g/mol. The molecule has 1 heterocycles. The maximum atomic E-state index is 12.4. The standard InChI is InChI=1S/C23H26N4O3S/c1-17-19(16-27(25-17)21-7-3-2-4-8-21)6-5-15-24-23(28)18-9-13-22(14-10-18)31(29,30)26-20-11-12-20/h2-4,7-10,13-14,16,20,26H,5-6,11-12,15H2,1H3,(H,24,28). The van der Waals surface area contributed by atoms with Gasteiger partial charge in [0.15, 0.2) is 0 Å². The summed E-state index contributed by atoms with van der Waals surface area (Å²) in [5.74, 6) is -0.212. The van der Waals surface area contributed by atoms with Gasteiger partial charge in [-0.15, -0.1) is 0 Å². The average Bonchev–Trinajstić information content (AvgIpc) is 3.50. The summed E-state index contributed by atoms with van der Waals surface area (Å²) in [5.41, 5.74) is 3.59. The van der Waals surface area contributed by atoms with Crippen LogP contribution in [0, 0.1) is 6.92 Å². The van der Waals surface area contributed by atoms with E-state index in [1.165, 1.54) is 12.1 Å². The number of hydrogen-bond donors (Lipinski definition) is 2. The van der Waals surface area contributed by atoms with Crippen LogP contribution >= 0.6 is 0 Å². The number of hydrogen-bond acceptors (Lipinski definition) is 4. The quantitative estimate of drug-likeness (QED) is 0.502. The van der Waals surface area contributed by atoms with E-state index in [4.69, 9.17) is 0 Å². The summed E-state index contributed by atoms with van der Waals surface area (Å²) in [6.07, 6.45) is 5.38. The second-order valence-electron chi connectivity index (χ2n) is 7.80. The Bertz CT molecular complexity index is 1150. The lowest BCUT2D eigenvalue weighted by Crippen LogP contribution is -2.26. The molecule has 3 aromatic rings. The number of carbonyl (C=O) groups is 1. The fraction of sp³-hybridized carbons (Fsp3) is 0.304. The van der Waals surface area contributed by atoms with Crippen LogP contribution in [-0.2, 0) is 16.4 Å². The molecule has 2 aromatic carbocycles. The molecule has 7 nitrogen and oxygen atoms in total. The van der Waals surface area contributed by atoms with E-state index < -0.39 is 10.0 Å². The lowest BCUT2D eigenvalue weighted by Gasteiger charge is -2.08. The van der Waals surface area contributed by atoms with E-state index in [9.17, 15) is 13.2 Å². The summed E-state index contributed by atoms with van der Waals surface area (Å²) in [7, 11) is -3.50. The van der Waals surface area contributed by atoms with Crippen LogP contribution in [-0.4, -0.2) is 36.7 Å². The third kappa shape index (κ3) is 5.39. The predicted octanol–water partition coefficient (Wildman–Crippen LogP) is 2.98. The molecule has 1 aliphatic rings. The van der Waals surface area contributed by atoms with Crippen molar-refractivity contribution in [2.45, 2.75) is 43.5 Å². The van der Waals surface area contributed by atoms with Crippen LogP contribution in [0.3, 0.4) is 0 Å². The van der Waals surface area contributed by atoms with E-state index in [0.29, 0.717) is 12.1 Å². The Morgan fingerprint density at radius 2 is 1.81 bits per heavy atom. The number of benzene rings is 2. The fourth-order valence-corrected chi connectivity index (χ4v) is 4.62. The number of aromatic nitrogens is 2. The molecule has 0 bridgehead atoms. The van der Waals surface area contributed by atoms with Crippen molar-refractivity contribution >= 4 is 15.9 Å². The molecule has 1 aliphatic carbocycles. The summed E-state index contributed by atoms with van der Waals surface area (Å²) in [6, 6.07) is 16.0. The molecule has 1 aromatic heterocycles. The van der Waals surface area contributed by atoms with Gasteiger partial charge in [-0.25, -0.2) is 17.8 Å². The molecule has 0 atom stereocenters. The van der Waals surface area contributed by atoms with Crippen LogP contribution in [0.25, 0.3) is 5.69 Å². The molecule has 8 heteroatoms. The van der Waals surface area contributed by atoms with Crippen LogP contribution in [0.15, 0.2) is 65.7 Å². The van der Waals surface area contributed by atoms with Gasteiger partial charge < -0.3 is 5.32 Å². The Balaban J connectivity index is 1.27. The van der Waals surface area contributed by atoms with Crippen molar-refractivity contribution in [3.05, 3.63) is 77.6 Å². The maximum absolute atomic E-state index is 12.4. The second-order valence-corrected chi connectivity index (χ2v) is 9.51. The lowest BCUT2D eigenvalue weighted by atomic mass is 10.1. The highest BCUT2D eigenvalue weighted by Crippen LogP contribution is 2.22. The van der Waals surface area contributed by atoms with E-state index in [1.807, 2.05) is 48.1 Å². The molecule has 1 saturated carbocycles. The Labute approximate surface area is 182 Å². The van der Waals surface area contributed by atoms with Crippen molar-refractivity contribution in [2.75, 3.05) is 6.54 Å². The third-order valence-electron chi connectivity index (χ3n) is 5.26. The van der Waals surface area contributed by atoms with Crippen LogP contribution in [0.5, 0.6) is 0 Å². The van der Waals surface area contributed by atoms with E-state index >= 15 is 0 Å². The van der Waals surface area contributed by atoms with Gasteiger partial charge in [-0.2, -0.15) is 5.10 Å². The van der Waals surface area contributed by atoms with Gasteiger partial charge in [0.05, 0.1) is 16.3 Å². The van der Waals surface area contributed by atoms with E-state index in [1.54, 1.807) is 12.1 Å². The molecule has 0 aliphatic heterocycles. The molecule has 162 valence electrons. The molecule has 2 N–H and O–H groups in total. The Kier molecular flexibility index (Phi) is 6.20. The summed E-state index contributed by atoms with van der Waals surface area (Å²) >= 11 is 0. The van der Waals surface area contributed by atoms with Gasteiger partial charge in [-0.1, -0.05) is 18.2 Å². The van der Waals surface area contributed by atoms with Crippen molar-refractivity contribution in [1.29, 1.82) is 0 Å². The smallest absolute Gasteiger partial charge is 0.251 e. The molecule has 0 spiro atoms. The van der Waals surface area contributed by atoms with Gasteiger partial charge in [0.2, 0.25) is 10.0 Å². The first kappa shape index (κ1) is 21.3. The van der Waals surface area contributed by atoms with Crippen LogP contribution in [0.4, 0.5) is 0 Å². The number of rotatable bonds is 9. The fourth-order valence-electron chi connectivity index (χ4n) is 3.31. The number of carbonyl (C=O) groups excluding carboxylic acids is 1. The van der Waals surface area contributed by atoms with Crippen LogP contribution in [0.2, 0.25) is 0 Å². The van der Waals surface area contributed by atoms with E-state index in [-0.39, 0.29) is 16.8 Å². The van der Waals surface area contributed by atoms with Gasteiger partial charge in [0.25, 0.3) is 5.91 Å². The minimum atomic E-state index is -3.50. The minimum absolute atomic E-state index is 0.0522.